The molecule has 0 aliphatic rings. The van der Waals surface area contributed by atoms with E-state index in [0.29, 0.717) is 10.8 Å². The van der Waals surface area contributed by atoms with Crippen molar-refractivity contribution in [2.24, 2.45) is 11.5 Å². The number of benzene rings is 3. The van der Waals surface area contributed by atoms with E-state index in [-0.39, 0.29) is 6.04 Å². The van der Waals surface area contributed by atoms with Crippen LogP contribution in [0.15, 0.2) is 72.8 Å². The van der Waals surface area contributed by atoms with Crippen molar-refractivity contribution < 1.29 is 0 Å². The predicted molar refractivity (Wildman–Crippen MR) is 144 cm³/mol. The van der Waals surface area contributed by atoms with Crippen LogP contribution in [0.2, 0.25) is 5.02 Å². The second-order valence-electron chi connectivity index (χ2n) is 8.55. The first kappa shape index (κ1) is 24.1. The lowest BCUT2D eigenvalue weighted by molar-refractivity contribution is 0.554. The van der Waals surface area contributed by atoms with Crippen LogP contribution in [0.3, 0.4) is 0 Å². The van der Waals surface area contributed by atoms with E-state index in [0.717, 1.165) is 60.8 Å². The van der Waals surface area contributed by atoms with E-state index >= 15 is 0 Å². The number of fused-ring (bicyclic) bond motifs is 1. The zero-order valence-electron chi connectivity index (χ0n) is 19.3. The quantitative estimate of drug-likeness (QED) is 0.244. The topological polar surface area (TPSA) is 77.8 Å². The molecule has 4 rings (SSSR count). The summed E-state index contributed by atoms with van der Waals surface area (Å²) in [5, 5.41) is 1.61. The molecule has 0 spiro atoms. The molecule has 1 aromatic heterocycles. The van der Waals surface area contributed by atoms with Crippen molar-refractivity contribution in [3.8, 4) is 11.1 Å². The number of unbranched alkanes of at least 4 members (excludes halogenated alkanes) is 3. The largest absolute Gasteiger partial charge is 0.330 e. The molecule has 4 nitrogen and oxygen atoms in total. The number of hydrogen-bond donors (Lipinski definition) is 2. The summed E-state index contributed by atoms with van der Waals surface area (Å²) in [4.78, 5) is 9.57. The van der Waals surface area contributed by atoms with Gasteiger partial charge in [-0.2, -0.15) is 0 Å². The number of halogens is 1. The lowest BCUT2D eigenvalue weighted by atomic mass is 10.0. The third-order valence-corrected chi connectivity index (χ3v) is 6.20. The fraction of sp³-hybridized carbons (Fsp3) is 0.241. The van der Waals surface area contributed by atoms with Gasteiger partial charge in [-0.1, -0.05) is 91.5 Å². The van der Waals surface area contributed by atoms with Crippen LogP contribution in [0.1, 0.15) is 55.2 Å². The Balaban J connectivity index is 1.55. The highest BCUT2D eigenvalue weighted by Crippen LogP contribution is 2.27. The summed E-state index contributed by atoms with van der Waals surface area (Å²) in [5.41, 5.74) is 17.4. The molecule has 34 heavy (non-hydrogen) atoms. The molecule has 1 unspecified atom stereocenters. The van der Waals surface area contributed by atoms with Gasteiger partial charge >= 0.3 is 0 Å². The lowest BCUT2D eigenvalue weighted by Gasteiger charge is -2.14. The highest BCUT2D eigenvalue weighted by atomic mass is 35.5. The molecule has 0 saturated carbocycles. The Kier molecular flexibility index (Phi) is 8.42. The van der Waals surface area contributed by atoms with Crippen molar-refractivity contribution in [1.82, 2.24) is 9.97 Å². The first-order valence-electron chi connectivity index (χ1n) is 11.9. The molecule has 0 amide bonds. The van der Waals surface area contributed by atoms with E-state index in [4.69, 9.17) is 33.0 Å². The highest BCUT2D eigenvalue weighted by molar-refractivity contribution is 6.31. The van der Waals surface area contributed by atoms with Crippen LogP contribution in [0.5, 0.6) is 0 Å². The van der Waals surface area contributed by atoms with E-state index in [9.17, 15) is 0 Å². The first-order valence-corrected chi connectivity index (χ1v) is 12.3. The molecule has 5 heteroatoms. The van der Waals surface area contributed by atoms with Gasteiger partial charge in [0.15, 0.2) is 5.82 Å². The van der Waals surface area contributed by atoms with Gasteiger partial charge in [0.1, 0.15) is 0 Å². The van der Waals surface area contributed by atoms with E-state index in [1.807, 2.05) is 36.4 Å². The van der Waals surface area contributed by atoms with Gasteiger partial charge in [-0.25, -0.2) is 9.97 Å². The van der Waals surface area contributed by atoms with Gasteiger partial charge in [0.25, 0.3) is 0 Å². The minimum atomic E-state index is -0.151. The van der Waals surface area contributed by atoms with Gasteiger partial charge in [-0.15, -0.1) is 0 Å². The molecule has 1 atom stereocenters. The second-order valence-corrected chi connectivity index (χ2v) is 8.98. The van der Waals surface area contributed by atoms with Crippen molar-refractivity contribution in [3.63, 3.8) is 0 Å². The smallest absolute Gasteiger partial charge is 0.152 e. The SMILES string of the molecule is NCCCCCCC(N)c1nc(/C=C/c2ccc(-c3ccccc3)cc2)nc2cc(Cl)ccc12. The zero-order chi connectivity index (χ0) is 23.8. The lowest BCUT2D eigenvalue weighted by Crippen LogP contribution is -2.14. The molecule has 1 heterocycles. The summed E-state index contributed by atoms with van der Waals surface area (Å²) in [6, 6.07) is 24.4. The van der Waals surface area contributed by atoms with Crippen LogP contribution in [0.25, 0.3) is 34.2 Å². The molecule has 0 aliphatic heterocycles. The monoisotopic (exact) mass is 470 g/mol. The summed E-state index contributed by atoms with van der Waals surface area (Å²) in [5.74, 6) is 0.635. The van der Waals surface area contributed by atoms with Gasteiger partial charge < -0.3 is 11.5 Å². The van der Waals surface area contributed by atoms with Gasteiger partial charge in [0.05, 0.1) is 11.2 Å². The number of nitrogens with two attached hydrogens (primary N) is 2. The maximum Gasteiger partial charge on any atom is 0.152 e. The first-order chi connectivity index (χ1) is 16.6. The van der Waals surface area contributed by atoms with Crippen LogP contribution in [-0.4, -0.2) is 16.5 Å². The molecule has 4 N–H and O–H groups in total. The summed E-state index contributed by atoms with van der Waals surface area (Å²) in [7, 11) is 0. The predicted octanol–water partition coefficient (Wildman–Crippen LogP) is 7.03. The molecular weight excluding hydrogens is 440 g/mol. The Hall–Kier alpha value is -3.05. The van der Waals surface area contributed by atoms with E-state index in [1.165, 1.54) is 11.1 Å². The average molecular weight is 471 g/mol. The maximum absolute atomic E-state index is 6.59. The van der Waals surface area contributed by atoms with Gasteiger partial charge in [0, 0.05) is 16.5 Å². The molecule has 0 bridgehead atoms. The van der Waals surface area contributed by atoms with Crippen LogP contribution >= 0.6 is 11.6 Å². The normalized spacial score (nSPS) is 12.4. The Labute approximate surface area is 206 Å². The van der Waals surface area contributed by atoms with Gasteiger partial charge in [-0.05, 0) is 60.4 Å². The molecule has 174 valence electrons. The van der Waals surface area contributed by atoms with Crippen LogP contribution in [0, 0.1) is 0 Å². The van der Waals surface area contributed by atoms with E-state index < -0.39 is 0 Å². The van der Waals surface area contributed by atoms with Crippen molar-refractivity contribution in [2.45, 2.75) is 38.1 Å². The Morgan fingerprint density at radius 3 is 2.29 bits per heavy atom. The molecular formula is C29H31ClN4. The number of aromatic nitrogens is 2. The van der Waals surface area contributed by atoms with Crippen LogP contribution in [0.4, 0.5) is 0 Å². The standard InChI is InChI=1S/C29H31ClN4/c30-24-16-17-25-27(20-24)33-28(34-29(25)26(32)10-6-1-2-7-19-31)18-13-21-11-14-23(15-12-21)22-8-4-3-5-9-22/h3-5,8-9,11-18,20,26H,1-2,6-7,10,19,31-32H2/b18-13+. The van der Waals surface area contributed by atoms with Crippen molar-refractivity contribution in [1.29, 1.82) is 0 Å². The highest BCUT2D eigenvalue weighted by Gasteiger charge is 2.14. The second kappa shape index (κ2) is 11.9. The van der Waals surface area contributed by atoms with Crippen LogP contribution in [-0.2, 0) is 0 Å². The number of nitrogens with zero attached hydrogens (tertiary/aromatic N) is 2. The maximum atomic E-state index is 6.59. The minimum absolute atomic E-state index is 0.151. The molecule has 3 aromatic carbocycles. The average Bonchev–Trinajstić information content (AvgIpc) is 2.87. The summed E-state index contributed by atoms with van der Waals surface area (Å²) < 4.78 is 0. The minimum Gasteiger partial charge on any atom is -0.330 e. The number of rotatable bonds is 10. The molecule has 0 radical (unpaired) electrons. The third-order valence-electron chi connectivity index (χ3n) is 5.97. The Morgan fingerprint density at radius 2 is 1.53 bits per heavy atom. The van der Waals surface area contributed by atoms with Crippen molar-refractivity contribution in [3.05, 3.63) is 94.9 Å². The van der Waals surface area contributed by atoms with Gasteiger partial charge in [0.2, 0.25) is 0 Å². The third kappa shape index (κ3) is 6.29. The number of hydrogen-bond acceptors (Lipinski definition) is 4. The Bertz CT molecular complexity index is 1240. The van der Waals surface area contributed by atoms with E-state index in [1.54, 1.807) is 0 Å². The molecule has 0 aliphatic carbocycles. The van der Waals surface area contributed by atoms with Gasteiger partial charge in [-0.3, -0.25) is 0 Å². The van der Waals surface area contributed by atoms with Crippen molar-refractivity contribution in [2.75, 3.05) is 6.54 Å². The zero-order valence-corrected chi connectivity index (χ0v) is 20.1. The van der Waals surface area contributed by atoms with Crippen LogP contribution < -0.4 is 11.5 Å². The molecule has 0 fully saturated rings. The fourth-order valence-electron chi connectivity index (χ4n) is 4.09. The summed E-state index contributed by atoms with van der Waals surface area (Å²) in [6.07, 6.45) is 9.23. The molecule has 0 saturated heterocycles. The van der Waals surface area contributed by atoms with Crippen molar-refractivity contribution >= 4 is 34.7 Å². The summed E-state index contributed by atoms with van der Waals surface area (Å²) >= 11 is 6.25. The fourth-order valence-corrected chi connectivity index (χ4v) is 4.26. The van der Waals surface area contributed by atoms with E-state index in [2.05, 4.69) is 48.5 Å². The Morgan fingerprint density at radius 1 is 0.794 bits per heavy atom. The molecule has 4 aromatic rings. The summed E-state index contributed by atoms with van der Waals surface area (Å²) in [6.45, 7) is 0.744.